The van der Waals surface area contributed by atoms with Crippen molar-refractivity contribution in [3.63, 3.8) is 0 Å². The smallest absolute Gasteiger partial charge is 0.0628 e. The summed E-state index contributed by atoms with van der Waals surface area (Å²) in [7, 11) is 0. The van der Waals surface area contributed by atoms with E-state index >= 15 is 0 Å². The molecule has 0 saturated carbocycles. The molecule has 3 nitrogen and oxygen atoms in total. The highest BCUT2D eigenvalue weighted by Crippen LogP contribution is 2.46. The van der Waals surface area contributed by atoms with Gasteiger partial charge in [0.25, 0.3) is 22.8 Å². The van der Waals surface area contributed by atoms with Crippen LogP contribution in [0.25, 0.3) is 0 Å². The molecule has 3 aromatic rings. The summed E-state index contributed by atoms with van der Waals surface area (Å²) in [6, 6.07) is 20.7. The fourth-order valence-corrected chi connectivity index (χ4v) is 6.99. The maximum Gasteiger partial charge on any atom is 0.560 e. The number of aromatic nitrogens is 1. The highest BCUT2D eigenvalue weighted by Gasteiger charge is 2.73. The van der Waals surface area contributed by atoms with Crippen molar-refractivity contribution in [3.8, 4) is 0 Å². The first kappa shape index (κ1) is 26.5. The summed E-state index contributed by atoms with van der Waals surface area (Å²) in [6.45, 7) is 25.7. The molecular formula is C35H46N3+3. The van der Waals surface area contributed by atoms with E-state index in [0.717, 1.165) is 0 Å². The summed E-state index contributed by atoms with van der Waals surface area (Å²) < 4.78 is 7.95. The molecule has 0 spiro atoms. The van der Waals surface area contributed by atoms with E-state index in [4.69, 9.17) is 0 Å². The Balaban J connectivity index is 1.95. The zero-order valence-electron chi connectivity index (χ0n) is 25.3. The molecule has 0 bridgehead atoms. The molecule has 0 fully saturated rings. The minimum Gasteiger partial charge on any atom is -0.0628 e. The molecule has 0 aliphatic carbocycles. The van der Waals surface area contributed by atoms with Crippen molar-refractivity contribution in [1.29, 1.82) is 0 Å². The van der Waals surface area contributed by atoms with Crippen LogP contribution in [0, 0.1) is 0 Å². The summed E-state index contributed by atoms with van der Waals surface area (Å²) in [5.41, 5.74) is 13.6. The summed E-state index contributed by atoms with van der Waals surface area (Å²) >= 11 is 0. The monoisotopic (exact) mass is 508 g/mol. The summed E-state index contributed by atoms with van der Waals surface area (Å²) in [4.78, 5) is 0. The predicted octanol–water partition coefficient (Wildman–Crippen LogP) is 8.43. The molecule has 0 saturated heterocycles. The van der Waals surface area contributed by atoms with Crippen LogP contribution in [0.5, 0.6) is 0 Å². The average Bonchev–Trinajstić information content (AvgIpc) is 3.23. The minimum atomic E-state index is -0.441. The number of pyridine rings is 1. The van der Waals surface area contributed by atoms with Gasteiger partial charge in [0.05, 0.1) is 0 Å². The molecule has 3 heterocycles. The Morgan fingerprint density at radius 2 is 0.789 bits per heavy atom. The van der Waals surface area contributed by atoms with Crippen LogP contribution in [0.4, 0.5) is 11.4 Å². The first-order chi connectivity index (χ1) is 17.9. The lowest BCUT2D eigenvalue weighted by molar-refractivity contribution is -1.02. The molecule has 3 heteroatoms. The molecule has 38 heavy (non-hydrogen) atoms. The number of hydrogen-bond donors (Lipinski definition) is 0. The standard InChI is InChI=1S/C35H46N3/c1-21(2)27-15-12-16-28(22(3)4)33(27)36-25(9)31-19-14-20-32-26(10)37(35(36,11)38(31)32)34-29(23(5)6)17-13-18-30(34)24(7)8/h12-24H,1-11H3/q+3. The summed E-state index contributed by atoms with van der Waals surface area (Å²) in [5, 5.41) is 0. The van der Waals surface area contributed by atoms with Crippen molar-refractivity contribution in [2.75, 3.05) is 0 Å². The quantitative estimate of drug-likeness (QED) is 0.296. The van der Waals surface area contributed by atoms with Gasteiger partial charge in [-0.05, 0) is 29.7 Å². The van der Waals surface area contributed by atoms with Crippen molar-refractivity contribution in [2.24, 2.45) is 0 Å². The molecule has 1 aromatic heterocycles. The van der Waals surface area contributed by atoms with E-state index in [1.807, 2.05) is 0 Å². The third-order valence-corrected chi connectivity index (χ3v) is 8.81. The van der Waals surface area contributed by atoms with Crippen LogP contribution in [-0.2, 0) is 5.79 Å². The normalized spacial score (nSPS) is 16.2. The Morgan fingerprint density at radius 1 is 0.500 bits per heavy atom. The predicted molar refractivity (Wildman–Crippen MR) is 159 cm³/mol. The molecule has 2 aliphatic rings. The topological polar surface area (TPSA) is 9.90 Å². The van der Waals surface area contributed by atoms with Crippen molar-refractivity contribution in [1.82, 2.24) is 0 Å². The van der Waals surface area contributed by atoms with E-state index in [2.05, 4.69) is 144 Å². The molecule has 5 rings (SSSR count). The molecule has 0 unspecified atom stereocenters. The van der Waals surface area contributed by atoms with Crippen molar-refractivity contribution >= 4 is 22.8 Å². The fraction of sp³-hybridized carbons (Fsp3) is 0.457. The van der Waals surface area contributed by atoms with Gasteiger partial charge in [-0.1, -0.05) is 106 Å². The fourth-order valence-electron chi connectivity index (χ4n) is 6.99. The number of rotatable bonds is 6. The van der Waals surface area contributed by atoms with Gasteiger partial charge in [0, 0.05) is 48.2 Å². The molecule has 2 aromatic carbocycles. The van der Waals surface area contributed by atoms with Crippen LogP contribution < -0.4 is 4.57 Å². The molecule has 0 radical (unpaired) electrons. The van der Waals surface area contributed by atoms with Crippen molar-refractivity contribution in [3.05, 3.63) is 88.2 Å². The lowest BCUT2D eigenvalue weighted by Gasteiger charge is -2.22. The molecular weight excluding hydrogens is 462 g/mol. The molecule has 0 atom stereocenters. The van der Waals surface area contributed by atoms with Crippen LogP contribution in [0.3, 0.4) is 0 Å². The third kappa shape index (κ3) is 3.57. The second kappa shape index (κ2) is 9.29. The zero-order valence-corrected chi connectivity index (χ0v) is 25.3. The second-order valence-electron chi connectivity index (χ2n) is 12.6. The van der Waals surface area contributed by atoms with E-state index in [1.54, 1.807) is 0 Å². The Morgan fingerprint density at radius 3 is 1.08 bits per heavy atom. The molecule has 198 valence electrons. The van der Waals surface area contributed by atoms with Crippen LogP contribution in [-0.4, -0.2) is 20.6 Å². The minimum absolute atomic E-state index is 0.419. The highest BCUT2D eigenvalue weighted by molar-refractivity contribution is 5.97. The molecule has 0 amide bonds. The number of para-hydroxylation sites is 2. The largest absolute Gasteiger partial charge is 0.560 e. The lowest BCUT2D eigenvalue weighted by Crippen LogP contribution is -2.60. The molecule has 2 aliphatic heterocycles. The van der Waals surface area contributed by atoms with Gasteiger partial charge < -0.3 is 0 Å². The maximum absolute atomic E-state index is 2.67. The maximum atomic E-state index is 2.67. The average molecular weight is 509 g/mol. The Labute approximate surface area is 230 Å². The lowest BCUT2D eigenvalue weighted by atomic mass is 9.90. The number of benzene rings is 2. The number of hydrogen-bond acceptors (Lipinski definition) is 0. The van der Waals surface area contributed by atoms with Gasteiger partial charge in [0.1, 0.15) is 6.92 Å². The van der Waals surface area contributed by atoms with E-state index in [1.165, 1.54) is 56.4 Å². The van der Waals surface area contributed by atoms with Crippen LogP contribution in [0.15, 0.2) is 54.6 Å². The number of nitrogens with zero attached hydrogens (tertiary/aromatic N) is 3. The van der Waals surface area contributed by atoms with E-state index in [0.29, 0.717) is 23.7 Å². The first-order valence-electron chi connectivity index (χ1n) is 14.5. The van der Waals surface area contributed by atoms with Gasteiger partial charge in [0.2, 0.25) is 11.4 Å². The van der Waals surface area contributed by atoms with Gasteiger partial charge in [-0.3, -0.25) is 0 Å². The van der Waals surface area contributed by atoms with Crippen molar-refractivity contribution < 1.29 is 13.7 Å². The van der Waals surface area contributed by atoms with Crippen LogP contribution >= 0.6 is 0 Å². The van der Waals surface area contributed by atoms with Crippen molar-refractivity contribution in [2.45, 2.75) is 106 Å². The van der Waals surface area contributed by atoms with E-state index in [9.17, 15) is 0 Å². The van der Waals surface area contributed by atoms with Gasteiger partial charge in [0.15, 0.2) is 0 Å². The van der Waals surface area contributed by atoms with E-state index < -0.39 is 5.79 Å². The van der Waals surface area contributed by atoms with Crippen LogP contribution in [0.2, 0.25) is 0 Å². The van der Waals surface area contributed by atoms with Gasteiger partial charge in [-0.25, -0.2) is 0 Å². The van der Waals surface area contributed by atoms with E-state index in [-0.39, 0.29) is 0 Å². The van der Waals surface area contributed by atoms with Gasteiger partial charge in [-0.15, -0.1) is 0 Å². The first-order valence-corrected chi connectivity index (χ1v) is 14.5. The summed E-state index contributed by atoms with van der Waals surface area (Å²) in [6.07, 6.45) is 0. The van der Waals surface area contributed by atoms with Gasteiger partial charge >= 0.3 is 5.79 Å². The Bertz CT molecular complexity index is 1340. The van der Waals surface area contributed by atoms with Gasteiger partial charge in [-0.2, -0.15) is 0 Å². The summed E-state index contributed by atoms with van der Waals surface area (Å²) in [5.74, 6) is 1.23. The molecule has 0 N–H and O–H groups in total. The SMILES string of the molecule is CC1=[N+](c2c(C(C)C)cccc2C(C)C)C2(C)[N+](c3c(C(C)C)cccc3C(C)C)=C(C)c3cccc1[n+]32. The zero-order chi connectivity index (χ0) is 27.7. The second-order valence-corrected chi connectivity index (χ2v) is 12.6. The Hall–Kier alpha value is -3.07. The highest BCUT2D eigenvalue weighted by atomic mass is 15.5. The Kier molecular flexibility index (Phi) is 6.49. The third-order valence-electron chi connectivity index (χ3n) is 8.81. The van der Waals surface area contributed by atoms with Crippen LogP contribution in [0.1, 0.15) is 133 Å².